The maximum atomic E-state index is 4.61. The third-order valence-corrected chi connectivity index (χ3v) is 4.10. The Labute approximate surface area is 143 Å². The van der Waals surface area contributed by atoms with Gasteiger partial charge in [-0.2, -0.15) is 0 Å². The molecule has 0 saturated heterocycles. The summed E-state index contributed by atoms with van der Waals surface area (Å²) >= 11 is 0. The van der Waals surface area contributed by atoms with Gasteiger partial charge in [-0.25, -0.2) is 9.97 Å². The Balaban J connectivity index is 2.02. The van der Waals surface area contributed by atoms with Gasteiger partial charge < -0.3 is 5.32 Å². The first-order valence-corrected chi connectivity index (χ1v) is 8.23. The van der Waals surface area contributed by atoms with Crippen molar-refractivity contribution in [2.24, 2.45) is 0 Å². The number of benzene rings is 1. The molecule has 0 spiro atoms. The van der Waals surface area contributed by atoms with Crippen LogP contribution in [0.2, 0.25) is 0 Å². The van der Waals surface area contributed by atoms with Crippen LogP contribution in [0.3, 0.4) is 0 Å². The first kappa shape index (κ1) is 16.1. The van der Waals surface area contributed by atoms with Gasteiger partial charge in [-0.05, 0) is 43.5 Å². The molecular weight excluding hydrogens is 296 g/mol. The van der Waals surface area contributed by atoms with Gasteiger partial charge >= 0.3 is 0 Å². The highest BCUT2D eigenvalue weighted by Crippen LogP contribution is 2.27. The lowest BCUT2D eigenvalue weighted by molar-refractivity contribution is 0.892. The highest BCUT2D eigenvalue weighted by Gasteiger charge is 2.16. The largest absolute Gasteiger partial charge is 0.359 e. The molecule has 1 atom stereocenters. The number of nitrogens with one attached hydrogen (secondary N) is 1. The minimum atomic E-state index is 0.0215. The van der Waals surface area contributed by atoms with Crippen LogP contribution in [-0.2, 0) is 6.42 Å². The van der Waals surface area contributed by atoms with Gasteiger partial charge in [0.05, 0.1) is 6.04 Å². The van der Waals surface area contributed by atoms with E-state index in [0.29, 0.717) is 0 Å². The van der Waals surface area contributed by atoms with Crippen molar-refractivity contribution in [2.75, 3.05) is 5.32 Å². The van der Waals surface area contributed by atoms with Crippen LogP contribution in [0.15, 0.2) is 55.0 Å². The molecule has 2 aromatic heterocycles. The lowest BCUT2D eigenvalue weighted by Gasteiger charge is -2.22. The van der Waals surface area contributed by atoms with Crippen molar-refractivity contribution >= 4 is 5.82 Å². The van der Waals surface area contributed by atoms with Crippen LogP contribution >= 0.6 is 0 Å². The summed E-state index contributed by atoms with van der Waals surface area (Å²) in [5.74, 6) is 1.67. The van der Waals surface area contributed by atoms with Crippen molar-refractivity contribution < 1.29 is 0 Å². The van der Waals surface area contributed by atoms with Gasteiger partial charge in [0.1, 0.15) is 11.6 Å². The molecule has 1 aromatic carbocycles. The predicted octanol–water partition coefficient (Wildman–Crippen LogP) is 4.25. The second-order valence-electron chi connectivity index (χ2n) is 5.91. The van der Waals surface area contributed by atoms with Gasteiger partial charge in [0.15, 0.2) is 0 Å². The van der Waals surface area contributed by atoms with Gasteiger partial charge in [-0.15, -0.1) is 0 Å². The fraction of sp³-hybridized carbons (Fsp3) is 0.250. The Morgan fingerprint density at radius 1 is 0.958 bits per heavy atom. The SMILES string of the molecule is CCc1cnc(C)nc1N[C@@H](c1ccncc1)c1ccc(C)cc1. The monoisotopic (exact) mass is 318 g/mol. The lowest BCUT2D eigenvalue weighted by atomic mass is 9.98. The molecule has 122 valence electrons. The molecule has 1 N–H and O–H groups in total. The Morgan fingerprint density at radius 3 is 2.29 bits per heavy atom. The van der Waals surface area contributed by atoms with Crippen LogP contribution in [0.4, 0.5) is 5.82 Å². The number of aromatic nitrogens is 3. The maximum absolute atomic E-state index is 4.61. The summed E-state index contributed by atoms with van der Waals surface area (Å²) in [4.78, 5) is 13.1. The van der Waals surface area contributed by atoms with E-state index in [4.69, 9.17) is 0 Å². The van der Waals surface area contributed by atoms with Crippen LogP contribution in [0.1, 0.15) is 41.0 Å². The molecule has 24 heavy (non-hydrogen) atoms. The van der Waals surface area contributed by atoms with Crippen molar-refractivity contribution in [1.82, 2.24) is 15.0 Å². The Morgan fingerprint density at radius 2 is 1.62 bits per heavy atom. The maximum Gasteiger partial charge on any atom is 0.133 e. The summed E-state index contributed by atoms with van der Waals surface area (Å²) in [5.41, 5.74) is 4.73. The standard InChI is InChI=1S/C20H22N4/c1-4-16-13-22-15(3)23-20(16)24-19(18-9-11-21-12-10-18)17-7-5-14(2)6-8-17/h5-13,19H,4H2,1-3H3,(H,22,23,24)/t19-/m1/s1. The van der Waals surface area contributed by atoms with Crippen LogP contribution in [-0.4, -0.2) is 15.0 Å². The average Bonchev–Trinajstić information content (AvgIpc) is 2.61. The Hall–Kier alpha value is -2.75. The van der Waals surface area contributed by atoms with E-state index in [1.54, 1.807) is 0 Å². The van der Waals surface area contributed by atoms with Crippen molar-refractivity contribution in [1.29, 1.82) is 0 Å². The summed E-state index contributed by atoms with van der Waals surface area (Å²) in [7, 11) is 0. The zero-order valence-electron chi connectivity index (χ0n) is 14.3. The number of aryl methyl sites for hydroxylation is 3. The fourth-order valence-electron chi connectivity index (χ4n) is 2.69. The summed E-state index contributed by atoms with van der Waals surface area (Å²) in [5, 5.41) is 3.61. The number of anilines is 1. The van der Waals surface area contributed by atoms with Crippen molar-refractivity contribution in [3.8, 4) is 0 Å². The minimum absolute atomic E-state index is 0.0215. The van der Waals surface area contributed by atoms with E-state index in [2.05, 4.69) is 58.4 Å². The first-order valence-electron chi connectivity index (χ1n) is 8.23. The van der Waals surface area contributed by atoms with Crippen LogP contribution < -0.4 is 5.32 Å². The summed E-state index contributed by atoms with van der Waals surface area (Å²) in [6.45, 7) is 6.13. The highest BCUT2D eigenvalue weighted by atomic mass is 15.1. The summed E-state index contributed by atoms with van der Waals surface area (Å²) in [6, 6.07) is 12.7. The van der Waals surface area contributed by atoms with Gasteiger partial charge in [-0.3, -0.25) is 4.98 Å². The zero-order valence-corrected chi connectivity index (χ0v) is 14.3. The van der Waals surface area contributed by atoms with E-state index >= 15 is 0 Å². The van der Waals surface area contributed by atoms with Crippen LogP contribution in [0.5, 0.6) is 0 Å². The van der Waals surface area contributed by atoms with Gasteiger partial charge in [0, 0.05) is 24.2 Å². The molecule has 0 amide bonds. The molecule has 3 aromatic rings. The van der Waals surface area contributed by atoms with Crippen molar-refractivity contribution in [2.45, 2.75) is 33.2 Å². The minimum Gasteiger partial charge on any atom is -0.359 e. The molecule has 0 aliphatic carbocycles. The van der Waals surface area contributed by atoms with Gasteiger partial charge in [-0.1, -0.05) is 36.8 Å². The van der Waals surface area contributed by atoms with E-state index < -0.39 is 0 Å². The molecule has 4 nitrogen and oxygen atoms in total. The topological polar surface area (TPSA) is 50.7 Å². The second kappa shape index (κ2) is 7.21. The van der Waals surface area contributed by atoms with Crippen LogP contribution in [0.25, 0.3) is 0 Å². The zero-order chi connectivity index (χ0) is 16.9. The molecule has 3 rings (SSSR count). The summed E-state index contributed by atoms with van der Waals surface area (Å²) in [6.07, 6.45) is 6.44. The van der Waals surface area contributed by atoms with E-state index in [9.17, 15) is 0 Å². The molecule has 0 fully saturated rings. The number of hydrogen-bond acceptors (Lipinski definition) is 4. The lowest BCUT2D eigenvalue weighted by Crippen LogP contribution is -2.15. The predicted molar refractivity (Wildman–Crippen MR) is 97.0 cm³/mol. The Kier molecular flexibility index (Phi) is 4.85. The van der Waals surface area contributed by atoms with E-state index in [1.807, 2.05) is 37.6 Å². The summed E-state index contributed by atoms with van der Waals surface area (Å²) < 4.78 is 0. The molecule has 0 radical (unpaired) electrons. The highest BCUT2D eigenvalue weighted by molar-refractivity contribution is 5.49. The number of hydrogen-bond donors (Lipinski definition) is 1. The van der Waals surface area contributed by atoms with Gasteiger partial charge in [0.25, 0.3) is 0 Å². The average molecular weight is 318 g/mol. The molecule has 0 aliphatic heterocycles. The third-order valence-electron chi connectivity index (χ3n) is 4.10. The molecule has 0 unspecified atom stereocenters. The molecule has 0 saturated carbocycles. The Bertz CT molecular complexity index is 798. The van der Waals surface area contributed by atoms with Gasteiger partial charge in [0.2, 0.25) is 0 Å². The molecule has 2 heterocycles. The molecule has 0 bridgehead atoms. The normalized spacial score (nSPS) is 12.0. The smallest absolute Gasteiger partial charge is 0.133 e. The number of nitrogens with zero attached hydrogens (tertiary/aromatic N) is 3. The quantitative estimate of drug-likeness (QED) is 0.764. The second-order valence-corrected chi connectivity index (χ2v) is 5.91. The number of rotatable bonds is 5. The van der Waals surface area contributed by atoms with Crippen molar-refractivity contribution in [3.05, 3.63) is 83.1 Å². The first-order chi connectivity index (χ1) is 11.7. The molecule has 0 aliphatic rings. The van der Waals surface area contributed by atoms with Crippen LogP contribution in [0, 0.1) is 13.8 Å². The van der Waals surface area contributed by atoms with Crippen molar-refractivity contribution in [3.63, 3.8) is 0 Å². The fourth-order valence-corrected chi connectivity index (χ4v) is 2.69. The van der Waals surface area contributed by atoms with E-state index in [1.165, 1.54) is 11.1 Å². The molecular formula is C20H22N4. The number of pyridine rings is 1. The van der Waals surface area contributed by atoms with E-state index in [0.717, 1.165) is 29.2 Å². The third kappa shape index (κ3) is 3.59. The molecule has 4 heteroatoms. The van der Waals surface area contributed by atoms with E-state index in [-0.39, 0.29) is 6.04 Å².